The summed E-state index contributed by atoms with van der Waals surface area (Å²) in [4.78, 5) is 0. The van der Waals surface area contributed by atoms with Crippen LogP contribution in [0.3, 0.4) is 0 Å². The Bertz CT molecular complexity index is 230. The molecule has 1 nitrogen and oxygen atoms in total. The summed E-state index contributed by atoms with van der Waals surface area (Å²) < 4.78 is 5.53. The van der Waals surface area contributed by atoms with Gasteiger partial charge < -0.3 is 4.74 Å². The van der Waals surface area contributed by atoms with Gasteiger partial charge in [0.2, 0.25) is 0 Å². The van der Waals surface area contributed by atoms with Gasteiger partial charge in [0.1, 0.15) is 0 Å². The average molecular weight is 205 g/mol. The summed E-state index contributed by atoms with van der Waals surface area (Å²) in [6.07, 6.45) is 5.59. The first kappa shape index (κ1) is 12.3. The third-order valence-electron chi connectivity index (χ3n) is 2.39. The molecule has 0 aliphatic heterocycles. The number of hydrogen-bond donors (Lipinski definition) is 0. The third kappa shape index (κ3) is 6.29. The second-order valence-corrected chi connectivity index (χ2v) is 3.76. The highest BCUT2D eigenvalue weighted by Gasteiger charge is 1.92. The van der Waals surface area contributed by atoms with Gasteiger partial charge in [0.15, 0.2) is 0 Å². The fourth-order valence-electron chi connectivity index (χ4n) is 1.51. The molecule has 0 aliphatic rings. The minimum absolute atomic E-state index is 0.881. The molecule has 0 heterocycles. The van der Waals surface area contributed by atoms with Crippen LogP contribution in [0.2, 0.25) is 0 Å². The van der Waals surface area contributed by atoms with Crippen molar-refractivity contribution in [2.75, 3.05) is 13.2 Å². The molecular formula is C14H21O. The Morgan fingerprint density at radius 3 is 2.40 bits per heavy atom. The first-order valence-electron chi connectivity index (χ1n) is 5.84. The van der Waals surface area contributed by atoms with Crippen LogP contribution in [0.4, 0.5) is 0 Å². The van der Waals surface area contributed by atoms with E-state index >= 15 is 0 Å². The van der Waals surface area contributed by atoms with E-state index in [-0.39, 0.29) is 0 Å². The molecular weight excluding hydrogens is 184 g/mol. The third-order valence-corrected chi connectivity index (χ3v) is 2.39. The molecule has 0 aromatic heterocycles. The summed E-state index contributed by atoms with van der Waals surface area (Å²) in [5, 5.41) is 0. The van der Waals surface area contributed by atoms with Crippen molar-refractivity contribution >= 4 is 0 Å². The fourth-order valence-corrected chi connectivity index (χ4v) is 1.51. The van der Waals surface area contributed by atoms with Crippen LogP contribution in [0.15, 0.2) is 30.3 Å². The first-order chi connectivity index (χ1) is 7.43. The van der Waals surface area contributed by atoms with Crippen LogP contribution in [-0.4, -0.2) is 13.2 Å². The van der Waals surface area contributed by atoms with Crippen LogP contribution in [-0.2, 0) is 11.2 Å². The van der Waals surface area contributed by atoms with Gasteiger partial charge in [0, 0.05) is 13.2 Å². The highest BCUT2D eigenvalue weighted by atomic mass is 16.5. The predicted octanol–water partition coefficient (Wildman–Crippen LogP) is 3.64. The Labute approximate surface area is 93.5 Å². The van der Waals surface area contributed by atoms with Crippen molar-refractivity contribution in [2.24, 2.45) is 0 Å². The van der Waals surface area contributed by atoms with Gasteiger partial charge in [0.05, 0.1) is 0 Å². The summed E-state index contributed by atoms with van der Waals surface area (Å²) in [6, 6.07) is 10.6. The zero-order valence-corrected chi connectivity index (χ0v) is 9.45. The van der Waals surface area contributed by atoms with Gasteiger partial charge in [-0.15, -0.1) is 0 Å². The lowest BCUT2D eigenvalue weighted by molar-refractivity contribution is 0.128. The molecule has 0 unspecified atom stereocenters. The summed E-state index contributed by atoms with van der Waals surface area (Å²) in [6.45, 7) is 5.58. The average Bonchev–Trinajstić information content (AvgIpc) is 2.29. The Morgan fingerprint density at radius 1 is 0.933 bits per heavy atom. The quantitative estimate of drug-likeness (QED) is 0.589. The molecule has 1 heteroatoms. The molecule has 0 aliphatic carbocycles. The van der Waals surface area contributed by atoms with Gasteiger partial charge in [-0.25, -0.2) is 0 Å². The molecule has 1 aromatic rings. The summed E-state index contributed by atoms with van der Waals surface area (Å²) in [5.74, 6) is 0. The van der Waals surface area contributed by atoms with Gasteiger partial charge in [-0.3, -0.25) is 0 Å². The number of benzene rings is 1. The van der Waals surface area contributed by atoms with E-state index in [1.54, 1.807) is 0 Å². The summed E-state index contributed by atoms with van der Waals surface area (Å²) in [5.41, 5.74) is 1.40. The molecule has 1 rings (SSSR count). The zero-order chi connectivity index (χ0) is 10.8. The van der Waals surface area contributed by atoms with E-state index in [0.29, 0.717) is 0 Å². The summed E-state index contributed by atoms with van der Waals surface area (Å²) in [7, 11) is 0. The van der Waals surface area contributed by atoms with E-state index < -0.39 is 0 Å². The lowest BCUT2D eigenvalue weighted by atomic mass is 10.1. The van der Waals surface area contributed by atoms with Crippen molar-refractivity contribution in [2.45, 2.75) is 32.1 Å². The molecule has 1 radical (unpaired) electrons. The number of rotatable bonds is 8. The number of unbranched alkanes of at least 4 members (excludes halogenated alkanes) is 2. The molecule has 0 fully saturated rings. The van der Waals surface area contributed by atoms with Crippen LogP contribution in [0, 0.1) is 6.92 Å². The van der Waals surface area contributed by atoms with E-state index in [9.17, 15) is 0 Å². The maximum atomic E-state index is 5.53. The van der Waals surface area contributed by atoms with Crippen molar-refractivity contribution in [1.29, 1.82) is 0 Å². The van der Waals surface area contributed by atoms with Gasteiger partial charge in [-0.2, -0.15) is 0 Å². The molecule has 83 valence electrons. The SMILES string of the molecule is [CH2]CCCCOCCCc1ccccc1. The molecule has 0 saturated carbocycles. The molecule has 0 saturated heterocycles. The molecule has 0 N–H and O–H groups in total. The van der Waals surface area contributed by atoms with Crippen molar-refractivity contribution in [3.63, 3.8) is 0 Å². The highest BCUT2D eigenvalue weighted by molar-refractivity contribution is 5.14. The van der Waals surface area contributed by atoms with Gasteiger partial charge in [-0.05, 0) is 24.8 Å². The van der Waals surface area contributed by atoms with Crippen molar-refractivity contribution in [1.82, 2.24) is 0 Å². The Kier molecular flexibility index (Phi) is 6.93. The van der Waals surface area contributed by atoms with E-state index in [2.05, 4.69) is 37.3 Å². The van der Waals surface area contributed by atoms with Gasteiger partial charge in [-0.1, -0.05) is 50.1 Å². The predicted molar refractivity (Wildman–Crippen MR) is 64.8 cm³/mol. The highest BCUT2D eigenvalue weighted by Crippen LogP contribution is 2.02. The molecule has 15 heavy (non-hydrogen) atoms. The topological polar surface area (TPSA) is 9.23 Å². The van der Waals surface area contributed by atoms with Crippen LogP contribution in [0.1, 0.15) is 31.2 Å². The van der Waals surface area contributed by atoms with Crippen LogP contribution < -0.4 is 0 Å². The molecule has 1 aromatic carbocycles. The van der Waals surface area contributed by atoms with Gasteiger partial charge in [0.25, 0.3) is 0 Å². The zero-order valence-electron chi connectivity index (χ0n) is 9.45. The molecule has 0 atom stereocenters. The maximum Gasteiger partial charge on any atom is 0.0469 e. The monoisotopic (exact) mass is 205 g/mol. The van der Waals surface area contributed by atoms with E-state index in [4.69, 9.17) is 4.74 Å². The lowest BCUT2D eigenvalue weighted by Gasteiger charge is -2.03. The second kappa shape index (κ2) is 8.49. The number of ether oxygens (including phenoxy) is 1. The minimum Gasteiger partial charge on any atom is -0.381 e. The Balaban J connectivity index is 1.93. The molecule has 0 bridgehead atoms. The minimum atomic E-state index is 0.881. The van der Waals surface area contributed by atoms with Crippen LogP contribution in [0.25, 0.3) is 0 Å². The van der Waals surface area contributed by atoms with Crippen LogP contribution >= 0.6 is 0 Å². The fraction of sp³-hybridized carbons (Fsp3) is 0.500. The number of hydrogen-bond acceptors (Lipinski definition) is 1. The van der Waals surface area contributed by atoms with E-state index in [1.165, 1.54) is 12.0 Å². The number of aryl methyl sites for hydroxylation is 1. The van der Waals surface area contributed by atoms with Crippen molar-refractivity contribution in [3.05, 3.63) is 42.8 Å². The maximum absolute atomic E-state index is 5.53. The van der Waals surface area contributed by atoms with Crippen molar-refractivity contribution in [3.8, 4) is 0 Å². The lowest BCUT2D eigenvalue weighted by Crippen LogP contribution is -1.98. The van der Waals surface area contributed by atoms with E-state index in [0.717, 1.165) is 38.9 Å². The largest absolute Gasteiger partial charge is 0.381 e. The van der Waals surface area contributed by atoms with E-state index in [1.807, 2.05) is 0 Å². The van der Waals surface area contributed by atoms with Crippen LogP contribution in [0.5, 0.6) is 0 Å². The molecule has 0 spiro atoms. The smallest absolute Gasteiger partial charge is 0.0469 e. The summed E-state index contributed by atoms with van der Waals surface area (Å²) >= 11 is 0. The normalized spacial score (nSPS) is 10.5. The standard InChI is InChI=1S/C14H21O/c1-2-3-7-12-15-13-8-11-14-9-5-4-6-10-14/h4-6,9-10H,1-3,7-8,11-13H2. The van der Waals surface area contributed by atoms with Crippen molar-refractivity contribution < 1.29 is 4.74 Å². The molecule has 0 amide bonds. The van der Waals surface area contributed by atoms with Gasteiger partial charge >= 0.3 is 0 Å². The Morgan fingerprint density at radius 2 is 1.67 bits per heavy atom. The second-order valence-electron chi connectivity index (χ2n) is 3.76. The first-order valence-corrected chi connectivity index (χ1v) is 5.84. The Hall–Kier alpha value is -0.820.